The molecule has 0 radical (unpaired) electrons. The van der Waals surface area contributed by atoms with E-state index in [9.17, 15) is 4.79 Å². The minimum atomic E-state index is -0.0664. The van der Waals surface area contributed by atoms with Crippen molar-refractivity contribution in [3.8, 4) is 0 Å². The Balaban J connectivity index is 1.69. The second kappa shape index (κ2) is 17.5. The fraction of sp³-hybridized carbons (Fsp3) is 0.958. The number of hydrogen-bond acceptors (Lipinski definition) is 3. The third-order valence-corrected chi connectivity index (χ3v) is 5.68. The lowest BCUT2D eigenvalue weighted by atomic mass is 10.0. The molecule has 0 N–H and O–H groups in total. The highest BCUT2D eigenvalue weighted by Crippen LogP contribution is 2.18. The van der Waals surface area contributed by atoms with E-state index in [-0.39, 0.29) is 18.2 Å². The van der Waals surface area contributed by atoms with E-state index in [1.165, 1.54) is 96.3 Å². The van der Waals surface area contributed by atoms with Gasteiger partial charge in [0.25, 0.3) is 0 Å². The molecule has 1 aliphatic rings. The number of ether oxygens (including phenoxy) is 2. The zero-order valence-electron chi connectivity index (χ0n) is 18.3. The molecule has 160 valence electrons. The van der Waals surface area contributed by atoms with Gasteiger partial charge in [-0.15, -0.1) is 0 Å². The van der Waals surface area contributed by atoms with Crippen LogP contribution in [-0.4, -0.2) is 24.8 Å². The summed E-state index contributed by atoms with van der Waals surface area (Å²) in [4.78, 5) is 11.7. The van der Waals surface area contributed by atoms with E-state index < -0.39 is 0 Å². The van der Waals surface area contributed by atoms with Crippen molar-refractivity contribution < 1.29 is 14.3 Å². The Morgan fingerprint density at radius 3 is 1.52 bits per heavy atom. The Morgan fingerprint density at radius 2 is 1.15 bits per heavy atom. The number of carbonyl (C=O) groups excluding carboxylic acids is 1. The molecule has 2 unspecified atom stereocenters. The second-order valence-corrected chi connectivity index (χ2v) is 8.47. The van der Waals surface area contributed by atoms with Crippen LogP contribution in [0.3, 0.4) is 0 Å². The molecule has 1 rings (SSSR count). The minimum absolute atomic E-state index is 0.0565. The van der Waals surface area contributed by atoms with Gasteiger partial charge in [0, 0.05) is 6.42 Å². The van der Waals surface area contributed by atoms with Crippen LogP contribution in [0.1, 0.15) is 129 Å². The van der Waals surface area contributed by atoms with Gasteiger partial charge in [0.2, 0.25) is 0 Å². The van der Waals surface area contributed by atoms with Gasteiger partial charge in [0.1, 0.15) is 12.2 Å². The number of esters is 1. The summed E-state index contributed by atoms with van der Waals surface area (Å²) in [5.74, 6) is -0.0565. The van der Waals surface area contributed by atoms with Crippen molar-refractivity contribution in [1.82, 2.24) is 0 Å². The average molecular weight is 383 g/mol. The van der Waals surface area contributed by atoms with Gasteiger partial charge >= 0.3 is 5.97 Å². The topological polar surface area (TPSA) is 38.8 Å². The SMILES string of the molecule is CCCCCCCCCCCCCCCCCCCC(=O)OC(C)C1CO1. The largest absolute Gasteiger partial charge is 0.460 e. The van der Waals surface area contributed by atoms with Gasteiger partial charge in [0.15, 0.2) is 0 Å². The standard InChI is InChI=1S/C24H46O3/c1-3-4-5-6-7-8-9-10-11-12-13-14-15-16-17-18-19-20-24(25)27-22(2)23-21-26-23/h22-23H,3-21H2,1-2H3. The van der Waals surface area contributed by atoms with Gasteiger partial charge in [-0.05, 0) is 13.3 Å². The molecule has 27 heavy (non-hydrogen) atoms. The first-order chi connectivity index (χ1) is 13.2. The summed E-state index contributed by atoms with van der Waals surface area (Å²) in [5.41, 5.74) is 0. The van der Waals surface area contributed by atoms with Crippen molar-refractivity contribution in [3.63, 3.8) is 0 Å². The molecule has 1 heterocycles. The normalized spacial score (nSPS) is 17.0. The van der Waals surface area contributed by atoms with E-state index in [1.807, 2.05) is 6.92 Å². The van der Waals surface area contributed by atoms with E-state index in [1.54, 1.807) is 0 Å². The molecule has 0 saturated carbocycles. The molecule has 0 aromatic carbocycles. The first kappa shape index (κ1) is 24.5. The maximum absolute atomic E-state index is 11.7. The highest BCUT2D eigenvalue weighted by atomic mass is 16.6. The lowest BCUT2D eigenvalue weighted by molar-refractivity contribution is -0.149. The van der Waals surface area contributed by atoms with Crippen LogP contribution in [0.4, 0.5) is 0 Å². The highest BCUT2D eigenvalue weighted by Gasteiger charge is 2.31. The predicted octanol–water partition coefficient (Wildman–Crippen LogP) is 7.36. The number of unbranched alkanes of at least 4 members (excludes halogenated alkanes) is 16. The Labute approximate surface area is 169 Å². The monoisotopic (exact) mass is 382 g/mol. The van der Waals surface area contributed by atoms with Gasteiger partial charge < -0.3 is 9.47 Å². The third-order valence-electron chi connectivity index (χ3n) is 5.68. The Morgan fingerprint density at radius 1 is 0.778 bits per heavy atom. The fourth-order valence-corrected chi connectivity index (χ4v) is 3.66. The van der Waals surface area contributed by atoms with Crippen LogP contribution in [0, 0.1) is 0 Å². The first-order valence-corrected chi connectivity index (χ1v) is 12.0. The summed E-state index contributed by atoms with van der Waals surface area (Å²) in [5, 5.41) is 0. The van der Waals surface area contributed by atoms with Crippen molar-refractivity contribution in [3.05, 3.63) is 0 Å². The summed E-state index contributed by atoms with van der Waals surface area (Å²) in [6, 6.07) is 0. The van der Waals surface area contributed by atoms with Crippen LogP contribution in [0.2, 0.25) is 0 Å². The van der Waals surface area contributed by atoms with Gasteiger partial charge in [-0.1, -0.05) is 110 Å². The van der Waals surface area contributed by atoms with Crippen molar-refractivity contribution in [2.75, 3.05) is 6.61 Å². The summed E-state index contributed by atoms with van der Waals surface area (Å²) in [6.45, 7) is 4.95. The van der Waals surface area contributed by atoms with Crippen LogP contribution in [0.15, 0.2) is 0 Å². The molecule has 0 aliphatic carbocycles. The molecule has 3 nitrogen and oxygen atoms in total. The Bertz CT molecular complexity index is 339. The lowest BCUT2D eigenvalue weighted by Gasteiger charge is -2.10. The van der Waals surface area contributed by atoms with Crippen LogP contribution >= 0.6 is 0 Å². The predicted molar refractivity (Wildman–Crippen MR) is 114 cm³/mol. The molecule has 0 amide bonds. The molecule has 0 bridgehead atoms. The first-order valence-electron chi connectivity index (χ1n) is 12.0. The zero-order valence-corrected chi connectivity index (χ0v) is 18.3. The molecule has 0 aromatic heterocycles. The van der Waals surface area contributed by atoms with Crippen LogP contribution < -0.4 is 0 Å². The Hall–Kier alpha value is -0.570. The maximum atomic E-state index is 11.7. The second-order valence-electron chi connectivity index (χ2n) is 8.47. The van der Waals surface area contributed by atoms with E-state index >= 15 is 0 Å². The third kappa shape index (κ3) is 16.1. The highest BCUT2D eigenvalue weighted by molar-refractivity contribution is 5.69. The fourth-order valence-electron chi connectivity index (χ4n) is 3.66. The number of rotatable bonds is 20. The quantitative estimate of drug-likeness (QED) is 0.125. The number of epoxide rings is 1. The van der Waals surface area contributed by atoms with Gasteiger partial charge in [-0.25, -0.2) is 0 Å². The summed E-state index contributed by atoms with van der Waals surface area (Å²) < 4.78 is 10.5. The van der Waals surface area contributed by atoms with Crippen molar-refractivity contribution in [2.45, 2.75) is 142 Å². The Kier molecular flexibility index (Phi) is 15.9. The van der Waals surface area contributed by atoms with E-state index in [0.29, 0.717) is 6.42 Å². The van der Waals surface area contributed by atoms with Crippen molar-refractivity contribution in [1.29, 1.82) is 0 Å². The molecule has 0 aromatic rings. The molecule has 1 fully saturated rings. The van der Waals surface area contributed by atoms with Crippen molar-refractivity contribution in [2.24, 2.45) is 0 Å². The smallest absolute Gasteiger partial charge is 0.306 e. The summed E-state index contributed by atoms with van der Waals surface area (Å²) in [6.07, 6.45) is 23.8. The summed E-state index contributed by atoms with van der Waals surface area (Å²) >= 11 is 0. The molecular weight excluding hydrogens is 336 g/mol. The summed E-state index contributed by atoms with van der Waals surface area (Å²) in [7, 11) is 0. The molecule has 2 atom stereocenters. The molecule has 3 heteroatoms. The minimum Gasteiger partial charge on any atom is -0.460 e. The van der Waals surface area contributed by atoms with Gasteiger partial charge in [-0.2, -0.15) is 0 Å². The molecular formula is C24H46O3. The lowest BCUT2D eigenvalue weighted by Crippen LogP contribution is -2.19. The average Bonchev–Trinajstić information content (AvgIpc) is 3.49. The van der Waals surface area contributed by atoms with E-state index in [4.69, 9.17) is 9.47 Å². The van der Waals surface area contributed by atoms with Gasteiger partial charge in [0.05, 0.1) is 6.61 Å². The van der Waals surface area contributed by atoms with E-state index in [0.717, 1.165) is 19.4 Å². The number of carbonyl (C=O) groups is 1. The molecule has 1 aliphatic heterocycles. The molecule has 0 spiro atoms. The van der Waals surface area contributed by atoms with Gasteiger partial charge in [-0.3, -0.25) is 4.79 Å². The number of hydrogen-bond donors (Lipinski definition) is 0. The van der Waals surface area contributed by atoms with Crippen molar-refractivity contribution >= 4 is 5.97 Å². The van der Waals surface area contributed by atoms with Crippen LogP contribution in [-0.2, 0) is 14.3 Å². The van der Waals surface area contributed by atoms with E-state index in [2.05, 4.69) is 6.92 Å². The maximum Gasteiger partial charge on any atom is 0.306 e. The van der Waals surface area contributed by atoms with Crippen LogP contribution in [0.25, 0.3) is 0 Å². The molecule has 1 saturated heterocycles. The van der Waals surface area contributed by atoms with Crippen LogP contribution in [0.5, 0.6) is 0 Å². The zero-order chi connectivity index (χ0) is 19.6.